The topological polar surface area (TPSA) is 48.9 Å². The van der Waals surface area contributed by atoms with Gasteiger partial charge in [0.2, 0.25) is 0 Å². The van der Waals surface area contributed by atoms with Gasteiger partial charge in [-0.25, -0.2) is 0 Å². The number of hydrogen-bond acceptors (Lipinski definition) is 3. The summed E-state index contributed by atoms with van der Waals surface area (Å²) in [7, 11) is 4.31. The predicted octanol–water partition coefficient (Wildman–Crippen LogP) is 3.19. The highest BCUT2D eigenvalue weighted by Crippen LogP contribution is 2.26. The Morgan fingerprint density at radius 3 is 2.29 bits per heavy atom. The molecule has 1 heterocycles. The first-order valence-corrected chi connectivity index (χ1v) is 10.6. The van der Waals surface area contributed by atoms with Crippen LogP contribution in [-0.2, 0) is 16.6 Å². The first-order chi connectivity index (χ1) is 13.3. The van der Waals surface area contributed by atoms with E-state index in [0.29, 0.717) is 0 Å². The van der Waals surface area contributed by atoms with Gasteiger partial charge in [-0.15, -0.1) is 0 Å². The molecule has 1 aliphatic rings. The van der Waals surface area contributed by atoms with Crippen LogP contribution in [0.15, 0.2) is 29.3 Å². The number of nitrogens with one attached hydrogen (secondary N) is 2. The Balaban J connectivity index is 1.92. The Bertz CT molecular complexity index is 610. The average molecular weight is 389 g/mol. The molecule has 0 radical (unpaired) electrons. The molecule has 0 amide bonds. The summed E-state index contributed by atoms with van der Waals surface area (Å²) in [6, 6.07) is 8.99. The molecule has 0 aromatic heterocycles. The van der Waals surface area contributed by atoms with Crippen LogP contribution < -0.4 is 10.6 Å². The molecule has 5 heteroatoms. The van der Waals surface area contributed by atoms with Gasteiger partial charge in [-0.3, -0.25) is 4.99 Å². The summed E-state index contributed by atoms with van der Waals surface area (Å²) in [5, 5.41) is 6.88. The molecule has 1 aromatic rings. The van der Waals surface area contributed by atoms with Crippen LogP contribution in [0.25, 0.3) is 0 Å². The number of rotatable bonds is 7. The van der Waals surface area contributed by atoms with E-state index in [-0.39, 0.29) is 11.0 Å². The van der Waals surface area contributed by atoms with Crippen molar-refractivity contribution in [3.63, 3.8) is 0 Å². The number of nitrogens with zero attached hydrogens (tertiary/aromatic N) is 2. The van der Waals surface area contributed by atoms with Crippen LogP contribution in [0.3, 0.4) is 0 Å². The Morgan fingerprint density at radius 2 is 1.75 bits per heavy atom. The van der Waals surface area contributed by atoms with E-state index in [4.69, 9.17) is 9.73 Å². The highest BCUT2D eigenvalue weighted by molar-refractivity contribution is 5.79. The summed E-state index contributed by atoms with van der Waals surface area (Å²) in [6.07, 6.45) is 3.05. The van der Waals surface area contributed by atoms with E-state index in [1.165, 1.54) is 11.1 Å². The van der Waals surface area contributed by atoms with Crippen LogP contribution in [0.1, 0.15) is 51.7 Å². The predicted molar refractivity (Wildman–Crippen MR) is 119 cm³/mol. The van der Waals surface area contributed by atoms with Gasteiger partial charge in [0.15, 0.2) is 5.96 Å². The summed E-state index contributed by atoms with van der Waals surface area (Å²) < 4.78 is 5.57. The van der Waals surface area contributed by atoms with Gasteiger partial charge in [-0.1, -0.05) is 45.0 Å². The first-order valence-electron chi connectivity index (χ1n) is 10.6. The van der Waals surface area contributed by atoms with E-state index in [1.807, 2.05) is 0 Å². The summed E-state index contributed by atoms with van der Waals surface area (Å²) in [5.74, 6) is 0.904. The molecule has 0 saturated carbocycles. The maximum atomic E-state index is 5.57. The third-order valence-corrected chi connectivity index (χ3v) is 5.77. The van der Waals surface area contributed by atoms with Gasteiger partial charge in [0.25, 0.3) is 0 Å². The van der Waals surface area contributed by atoms with Gasteiger partial charge in [-0.2, -0.15) is 0 Å². The van der Waals surface area contributed by atoms with E-state index >= 15 is 0 Å². The van der Waals surface area contributed by atoms with Crippen LogP contribution in [0.5, 0.6) is 0 Å². The number of likely N-dealkylation sites (N-methyl/N-ethyl adjacent to an activating group) is 1. The standard InChI is InChI=1S/C23H40N4O/c1-7-24-21(26-18-23(27(5)6)13-16-28-17-14-23)25-15-12-19-8-10-20(11-9-19)22(2,3)4/h8-11H,7,12-18H2,1-6H3,(H2,24,25,26). The molecular weight excluding hydrogens is 348 g/mol. The molecule has 1 aromatic carbocycles. The van der Waals surface area contributed by atoms with Crippen molar-refractivity contribution in [1.82, 2.24) is 15.5 Å². The number of benzene rings is 1. The lowest BCUT2D eigenvalue weighted by Gasteiger charge is -2.41. The number of guanidine groups is 1. The molecule has 1 saturated heterocycles. The van der Waals surface area contributed by atoms with E-state index in [2.05, 4.69) is 81.6 Å². The molecule has 2 rings (SSSR count). The second-order valence-electron chi connectivity index (χ2n) is 9.05. The molecule has 5 nitrogen and oxygen atoms in total. The van der Waals surface area contributed by atoms with Gasteiger partial charge in [0.05, 0.1) is 6.54 Å². The molecular formula is C23H40N4O. The van der Waals surface area contributed by atoms with Crippen LogP contribution in [0.4, 0.5) is 0 Å². The second-order valence-corrected chi connectivity index (χ2v) is 9.05. The third-order valence-electron chi connectivity index (χ3n) is 5.77. The van der Waals surface area contributed by atoms with E-state index in [1.54, 1.807) is 0 Å². The SMILES string of the molecule is CCNC(=NCC1(N(C)C)CCOCC1)NCCc1ccc(C(C)(C)C)cc1. The van der Waals surface area contributed by atoms with Crippen LogP contribution >= 0.6 is 0 Å². The second kappa shape index (κ2) is 10.3. The van der Waals surface area contributed by atoms with Crippen molar-refractivity contribution in [2.75, 3.05) is 46.9 Å². The maximum absolute atomic E-state index is 5.57. The monoisotopic (exact) mass is 388 g/mol. The van der Waals surface area contributed by atoms with Crippen molar-refractivity contribution in [1.29, 1.82) is 0 Å². The van der Waals surface area contributed by atoms with E-state index < -0.39 is 0 Å². The summed E-state index contributed by atoms with van der Waals surface area (Å²) >= 11 is 0. The zero-order valence-electron chi connectivity index (χ0n) is 18.8. The number of hydrogen-bond donors (Lipinski definition) is 2. The highest BCUT2D eigenvalue weighted by Gasteiger charge is 2.34. The quantitative estimate of drug-likeness (QED) is 0.556. The molecule has 0 spiro atoms. The van der Waals surface area contributed by atoms with Gasteiger partial charge < -0.3 is 20.3 Å². The Hall–Kier alpha value is -1.59. The molecule has 2 N–H and O–H groups in total. The minimum atomic E-state index is 0.101. The van der Waals surface area contributed by atoms with E-state index in [0.717, 1.165) is 58.1 Å². The minimum absolute atomic E-state index is 0.101. The Kier molecular flexibility index (Phi) is 8.32. The van der Waals surface area contributed by atoms with Crippen molar-refractivity contribution in [3.05, 3.63) is 35.4 Å². The lowest BCUT2D eigenvalue weighted by Crippen LogP contribution is -2.51. The van der Waals surface area contributed by atoms with Crippen molar-refractivity contribution in [3.8, 4) is 0 Å². The zero-order valence-corrected chi connectivity index (χ0v) is 18.8. The normalized spacial score (nSPS) is 17.6. The highest BCUT2D eigenvalue weighted by atomic mass is 16.5. The largest absolute Gasteiger partial charge is 0.381 e. The van der Waals surface area contributed by atoms with Crippen LogP contribution in [0.2, 0.25) is 0 Å². The lowest BCUT2D eigenvalue weighted by molar-refractivity contribution is -0.00254. The lowest BCUT2D eigenvalue weighted by atomic mass is 9.86. The fourth-order valence-corrected chi connectivity index (χ4v) is 3.56. The van der Waals surface area contributed by atoms with Crippen molar-refractivity contribution >= 4 is 5.96 Å². The fourth-order valence-electron chi connectivity index (χ4n) is 3.56. The minimum Gasteiger partial charge on any atom is -0.381 e. The van der Waals surface area contributed by atoms with Crippen LogP contribution in [-0.4, -0.2) is 63.3 Å². The number of ether oxygens (including phenoxy) is 1. The number of aliphatic imine (C=N–C) groups is 1. The fraction of sp³-hybridized carbons (Fsp3) is 0.696. The first kappa shape index (κ1) is 22.7. The average Bonchev–Trinajstić information content (AvgIpc) is 2.66. The van der Waals surface area contributed by atoms with Crippen molar-refractivity contribution in [2.24, 2.45) is 4.99 Å². The summed E-state index contributed by atoms with van der Waals surface area (Å²) in [6.45, 7) is 13.0. The van der Waals surface area contributed by atoms with Gasteiger partial charge in [0.1, 0.15) is 0 Å². The maximum Gasteiger partial charge on any atom is 0.191 e. The van der Waals surface area contributed by atoms with E-state index in [9.17, 15) is 0 Å². The molecule has 0 bridgehead atoms. The molecule has 158 valence electrons. The Labute approximate surface area is 171 Å². The van der Waals surface area contributed by atoms with Gasteiger partial charge in [-0.05, 0) is 56.8 Å². The molecule has 0 unspecified atom stereocenters. The van der Waals surface area contributed by atoms with Crippen molar-refractivity contribution in [2.45, 2.75) is 57.9 Å². The third kappa shape index (κ3) is 6.49. The molecule has 0 atom stereocenters. The molecule has 0 aliphatic carbocycles. The van der Waals surface area contributed by atoms with Gasteiger partial charge >= 0.3 is 0 Å². The Morgan fingerprint density at radius 1 is 1.11 bits per heavy atom. The molecule has 1 fully saturated rings. The van der Waals surface area contributed by atoms with Crippen LogP contribution in [0, 0.1) is 0 Å². The van der Waals surface area contributed by atoms with Gasteiger partial charge in [0, 0.05) is 31.8 Å². The molecule has 1 aliphatic heterocycles. The molecule has 28 heavy (non-hydrogen) atoms. The smallest absolute Gasteiger partial charge is 0.191 e. The summed E-state index contributed by atoms with van der Waals surface area (Å²) in [4.78, 5) is 7.22. The summed E-state index contributed by atoms with van der Waals surface area (Å²) in [5.41, 5.74) is 3.03. The van der Waals surface area contributed by atoms with Crippen molar-refractivity contribution < 1.29 is 4.74 Å². The zero-order chi connectivity index (χ0) is 20.6.